The molecule has 20 heavy (non-hydrogen) atoms. The lowest BCUT2D eigenvalue weighted by molar-refractivity contribution is 0.192. The van der Waals surface area contributed by atoms with E-state index in [9.17, 15) is 0 Å². The Balaban J connectivity index is 2.07. The van der Waals surface area contributed by atoms with Crippen molar-refractivity contribution in [3.05, 3.63) is 29.8 Å². The van der Waals surface area contributed by atoms with E-state index in [0.29, 0.717) is 6.04 Å². The van der Waals surface area contributed by atoms with Crippen molar-refractivity contribution in [1.29, 1.82) is 0 Å². The van der Waals surface area contributed by atoms with E-state index >= 15 is 0 Å². The molecule has 3 heteroatoms. The Kier molecular flexibility index (Phi) is 5.44. The number of benzene rings is 1. The fourth-order valence-electron chi connectivity index (χ4n) is 2.97. The maximum Gasteiger partial charge on any atom is 0.0415 e. The van der Waals surface area contributed by atoms with Gasteiger partial charge in [0.05, 0.1) is 0 Å². The highest BCUT2D eigenvalue weighted by Gasteiger charge is 2.22. The lowest BCUT2D eigenvalue weighted by atomic mass is 10.0. The predicted octanol–water partition coefficient (Wildman–Crippen LogP) is 3.02. The molecule has 1 fully saturated rings. The molecule has 0 aliphatic carbocycles. The van der Waals surface area contributed by atoms with Crippen molar-refractivity contribution in [3.63, 3.8) is 0 Å². The Morgan fingerprint density at radius 1 is 1.05 bits per heavy atom. The number of anilines is 1. The van der Waals surface area contributed by atoms with Gasteiger partial charge in [0.1, 0.15) is 0 Å². The molecule has 1 aromatic carbocycles. The smallest absolute Gasteiger partial charge is 0.0415 e. The van der Waals surface area contributed by atoms with Crippen molar-refractivity contribution >= 4 is 5.69 Å². The van der Waals surface area contributed by atoms with Gasteiger partial charge in [0.25, 0.3) is 0 Å². The Bertz CT molecular complexity index is 410. The van der Waals surface area contributed by atoms with Crippen LogP contribution in [0.2, 0.25) is 0 Å². The minimum atomic E-state index is 0.152. The van der Waals surface area contributed by atoms with E-state index in [1.807, 2.05) is 0 Å². The van der Waals surface area contributed by atoms with Crippen LogP contribution in [0, 0.1) is 0 Å². The van der Waals surface area contributed by atoms with Crippen LogP contribution in [0.5, 0.6) is 0 Å². The molecule has 0 saturated carbocycles. The number of nitrogens with zero attached hydrogens (tertiary/aromatic N) is 2. The van der Waals surface area contributed by atoms with E-state index in [0.717, 1.165) is 32.6 Å². The molecule has 2 atom stereocenters. The molecule has 1 aromatic rings. The zero-order valence-electron chi connectivity index (χ0n) is 13.2. The zero-order valence-corrected chi connectivity index (χ0v) is 13.2. The van der Waals surface area contributed by atoms with E-state index in [1.165, 1.54) is 17.7 Å². The summed E-state index contributed by atoms with van der Waals surface area (Å²) in [7, 11) is 0. The van der Waals surface area contributed by atoms with E-state index in [4.69, 9.17) is 5.73 Å². The highest BCUT2D eigenvalue weighted by molar-refractivity contribution is 5.55. The number of hydrogen-bond acceptors (Lipinski definition) is 3. The van der Waals surface area contributed by atoms with E-state index in [1.54, 1.807) is 0 Å². The third-order valence-corrected chi connectivity index (χ3v) is 4.65. The fraction of sp³-hybridized carbons (Fsp3) is 0.647. The lowest BCUT2D eigenvalue weighted by Gasteiger charge is -2.40. The molecular formula is C17H29N3. The molecule has 112 valence electrons. The Morgan fingerprint density at radius 2 is 1.70 bits per heavy atom. The second-order valence-electron chi connectivity index (χ2n) is 5.85. The maximum absolute atomic E-state index is 6.26. The van der Waals surface area contributed by atoms with Crippen molar-refractivity contribution in [2.24, 2.45) is 5.73 Å². The molecule has 1 aliphatic heterocycles. The summed E-state index contributed by atoms with van der Waals surface area (Å²) >= 11 is 0. The summed E-state index contributed by atoms with van der Waals surface area (Å²) in [5.41, 5.74) is 8.90. The van der Waals surface area contributed by atoms with Crippen LogP contribution in [0.15, 0.2) is 24.3 Å². The van der Waals surface area contributed by atoms with Crippen molar-refractivity contribution < 1.29 is 0 Å². The molecular weight excluding hydrogens is 246 g/mol. The van der Waals surface area contributed by atoms with Gasteiger partial charge in [0.15, 0.2) is 0 Å². The quantitative estimate of drug-likeness (QED) is 0.896. The van der Waals surface area contributed by atoms with E-state index in [-0.39, 0.29) is 6.04 Å². The normalized spacial score (nSPS) is 19.9. The van der Waals surface area contributed by atoms with Crippen molar-refractivity contribution in [3.8, 4) is 0 Å². The van der Waals surface area contributed by atoms with Gasteiger partial charge in [-0.05, 0) is 31.4 Å². The zero-order chi connectivity index (χ0) is 14.5. The Morgan fingerprint density at radius 3 is 2.30 bits per heavy atom. The first-order chi connectivity index (χ1) is 9.67. The second kappa shape index (κ2) is 7.09. The molecule has 3 nitrogen and oxygen atoms in total. The van der Waals surface area contributed by atoms with Gasteiger partial charge in [-0.15, -0.1) is 0 Å². The van der Waals surface area contributed by atoms with Gasteiger partial charge >= 0.3 is 0 Å². The van der Waals surface area contributed by atoms with Crippen LogP contribution >= 0.6 is 0 Å². The van der Waals surface area contributed by atoms with Gasteiger partial charge in [0, 0.05) is 44.0 Å². The van der Waals surface area contributed by atoms with Crippen LogP contribution in [0.25, 0.3) is 0 Å². The van der Waals surface area contributed by atoms with Crippen LogP contribution in [0.4, 0.5) is 5.69 Å². The Hall–Kier alpha value is -1.06. The first-order valence-electron chi connectivity index (χ1n) is 8.00. The molecule has 1 aliphatic rings. The van der Waals surface area contributed by atoms with Crippen molar-refractivity contribution in [1.82, 2.24) is 4.90 Å². The summed E-state index contributed by atoms with van der Waals surface area (Å²) < 4.78 is 0. The number of piperazine rings is 1. The van der Waals surface area contributed by atoms with Gasteiger partial charge in [-0.1, -0.05) is 32.0 Å². The van der Waals surface area contributed by atoms with Gasteiger partial charge in [-0.3, -0.25) is 4.90 Å². The predicted molar refractivity (Wildman–Crippen MR) is 87.2 cm³/mol. The Labute approximate surface area is 123 Å². The summed E-state index contributed by atoms with van der Waals surface area (Å²) in [5.74, 6) is 0. The van der Waals surface area contributed by atoms with Gasteiger partial charge < -0.3 is 10.6 Å². The second-order valence-corrected chi connectivity index (χ2v) is 5.85. The number of para-hydroxylation sites is 1. The topological polar surface area (TPSA) is 32.5 Å². The molecule has 2 N–H and O–H groups in total. The largest absolute Gasteiger partial charge is 0.369 e. The van der Waals surface area contributed by atoms with Crippen LogP contribution in [0.1, 0.15) is 45.2 Å². The van der Waals surface area contributed by atoms with Crippen LogP contribution in [-0.4, -0.2) is 37.1 Å². The summed E-state index contributed by atoms with van der Waals surface area (Å²) in [6.45, 7) is 11.3. The summed E-state index contributed by atoms with van der Waals surface area (Å²) in [5, 5.41) is 0. The monoisotopic (exact) mass is 275 g/mol. The molecule has 0 spiro atoms. The van der Waals surface area contributed by atoms with Crippen LogP contribution < -0.4 is 10.6 Å². The molecule has 2 unspecified atom stereocenters. The van der Waals surface area contributed by atoms with Crippen molar-refractivity contribution in [2.45, 2.75) is 45.7 Å². The van der Waals surface area contributed by atoms with Gasteiger partial charge in [0.2, 0.25) is 0 Å². The van der Waals surface area contributed by atoms with Gasteiger partial charge in [-0.25, -0.2) is 0 Å². The SMILES string of the molecule is CCC(N)c1ccccc1N1CCN(C(C)CC)CC1. The first kappa shape index (κ1) is 15.3. The number of rotatable bonds is 5. The van der Waals surface area contributed by atoms with Crippen molar-refractivity contribution in [2.75, 3.05) is 31.1 Å². The summed E-state index contributed by atoms with van der Waals surface area (Å²) in [4.78, 5) is 5.10. The standard InChI is InChI=1S/C17H29N3/c1-4-14(3)19-10-12-20(13-11-19)17-9-7-6-8-15(17)16(18)5-2/h6-9,14,16H,4-5,10-13,18H2,1-3H3. The number of nitrogens with two attached hydrogens (primary N) is 1. The average molecular weight is 275 g/mol. The maximum atomic E-state index is 6.26. The van der Waals surface area contributed by atoms with Crippen LogP contribution in [0.3, 0.4) is 0 Å². The molecule has 0 amide bonds. The average Bonchev–Trinajstić information content (AvgIpc) is 2.53. The lowest BCUT2D eigenvalue weighted by Crippen LogP contribution is -2.49. The minimum Gasteiger partial charge on any atom is -0.369 e. The molecule has 0 bridgehead atoms. The molecule has 1 heterocycles. The molecule has 2 rings (SSSR count). The first-order valence-corrected chi connectivity index (χ1v) is 8.00. The fourth-order valence-corrected chi connectivity index (χ4v) is 2.97. The highest BCUT2D eigenvalue weighted by Crippen LogP contribution is 2.27. The molecule has 0 aromatic heterocycles. The summed E-state index contributed by atoms with van der Waals surface area (Å²) in [6, 6.07) is 9.49. The number of hydrogen-bond donors (Lipinski definition) is 1. The third kappa shape index (κ3) is 3.33. The molecule has 1 saturated heterocycles. The summed E-state index contributed by atoms with van der Waals surface area (Å²) in [6.07, 6.45) is 2.22. The van der Waals surface area contributed by atoms with E-state index < -0.39 is 0 Å². The molecule has 0 radical (unpaired) electrons. The van der Waals surface area contributed by atoms with E-state index in [2.05, 4.69) is 54.8 Å². The third-order valence-electron chi connectivity index (χ3n) is 4.65. The minimum absolute atomic E-state index is 0.152. The van der Waals surface area contributed by atoms with Crippen LogP contribution in [-0.2, 0) is 0 Å². The highest BCUT2D eigenvalue weighted by atomic mass is 15.3. The van der Waals surface area contributed by atoms with Gasteiger partial charge in [-0.2, -0.15) is 0 Å².